The molecule has 0 saturated heterocycles. The molecule has 3 aromatic rings. The molecule has 6 rings (SSSR count). The van der Waals surface area contributed by atoms with E-state index in [4.69, 9.17) is 4.74 Å². The number of nitrogens with zero attached hydrogens (tertiary/aromatic N) is 3. The van der Waals surface area contributed by atoms with Gasteiger partial charge in [0.2, 0.25) is 5.91 Å². The smallest absolute Gasteiger partial charge is 0.296 e. The van der Waals surface area contributed by atoms with E-state index >= 15 is 4.39 Å². The molecule has 3 aliphatic rings. The number of carbonyl (C=O) groups excluding carboxylic acids is 2. The van der Waals surface area contributed by atoms with Gasteiger partial charge in [0.05, 0.1) is 17.9 Å². The maximum absolute atomic E-state index is 15.9. The SMILES string of the molecule is CNC(=O)c1cnc(NC(=O)C2CC2)c2c1C=C(c1cccc(-c3cn4c(n3)OCCC4)c1F)C2. The number of benzene rings is 1. The minimum Gasteiger partial charge on any atom is -0.465 e. The number of hydrogen-bond acceptors (Lipinski definition) is 5. The summed E-state index contributed by atoms with van der Waals surface area (Å²) in [6.45, 7) is 1.39. The van der Waals surface area contributed by atoms with E-state index in [0.29, 0.717) is 63.9 Å². The van der Waals surface area contributed by atoms with Crippen molar-refractivity contribution >= 4 is 29.3 Å². The van der Waals surface area contributed by atoms with Gasteiger partial charge in [0, 0.05) is 55.0 Å². The molecular weight excluding hydrogens is 449 g/mol. The first-order chi connectivity index (χ1) is 17.0. The number of fused-ring (bicyclic) bond motifs is 2. The third-order valence-electron chi connectivity index (χ3n) is 6.71. The molecule has 0 radical (unpaired) electrons. The number of aromatic nitrogens is 3. The summed E-state index contributed by atoms with van der Waals surface area (Å²) < 4.78 is 23.3. The zero-order valence-corrected chi connectivity index (χ0v) is 19.2. The minimum atomic E-state index is -0.389. The monoisotopic (exact) mass is 473 g/mol. The van der Waals surface area contributed by atoms with Crippen molar-refractivity contribution in [3.8, 4) is 17.3 Å². The van der Waals surface area contributed by atoms with Gasteiger partial charge in [-0.3, -0.25) is 9.59 Å². The number of carbonyl (C=O) groups is 2. The molecule has 0 spiro atoms. The Morgan fingerprint density at radius 1 is 1.23 bits per heavy atom. The second kappa shape index (κ2) is 8.33. The van der Waals surface area contributed by atoms with Gasteiger partial charge in [0.25, 0.3) is 11.9 Å². The highest BCUT2D eigenvalue weighted by molar-refractivity contribution is 6.04. The third kappa shape index (κ3) is 3.77. The molecule has 0 atom stereocenters. The molecule has 1 aliphatic heterocycles. The Morgan fingerprint density at radius 2 is 2.06 bits per heavy atom. The molecule has 2 aromatic heterocycles. The number of allylic oxidation sites excluding steroid dienone is 1. The van der Waals surface area contributed by atoms with Gasteiger partial charge in [-0.1, -0.05) is 12.1 Å². The summed E-state index contributed by atoms with van der Waals surface area (Å²) in [7, 11) is 1.55. The Bertz CT molecular complexity index is 1380. The number of amides is 2. The Labute approximate surface area is 201 Å². The van der Waals surface area contributed by atoms with Crippen LogP contribution in [0.1, 0.15) is 46.3 Å². The van der Waals surface area contributed by atoms with Gasteiger partial charge >= 0.3 is 0 Å². The highest BCUT2D eigenvalue weighted by atomic mass is 19.1. The predicted molar refractivity (Wildman–Crippen MR) is 128 cm³/mol. The Morgan fingerprint density at radius 3 is 2.83 bits per heavy atom. The van der Waals surface area contributed by atoms with E-state index in [1.54, 1.807) is 25.2 Å². The summed E-state index contributed by atoms with van der Waals surface area (Å²) in [6.07, 6.45) is 8.06. The summed E-state index contributed by atoms with van der Waals surface area (Å²) >= 11 is 0. The Hall–Kier alpha value is -4.01. The van der Waals surface area contributed by atoms with Crippen LogP contribution in [-0.2, 0) is 17.8 Å². The molecule has 0 bridgehead atoms. The molecule has 2 N–H and O–H groups in total. The van der Waals surface area contributed by atoms with Crippen molar-refractivity contribution in [3.63, 3.8) is 0 Å². The van der Waals surface area contributed by atoms with Gasteiger partial charge in [-0.2, -0.15) is 4.98 Å². The number of imidazole rings is 1. The van der Waals surface area contributed by atoms with Crippen molar-refractivity contribution in [2.75, 3.05) is 19.0 Å². The second-order valence-electron chi connectivity index (χ2n) is 9.07. The van der Waals surface area contributed by atoms with Gasteiger partial charge in [0.1, 0.15) is 11.6 Å². The molecular formula is C26H24FN5O3. The number of ether oxygens (including phenoxy) is 1. The summed E-state index contributed by atoms with van der Waals surface area (Å²) in [6, 6.07) is 5.72. The summed E-state index contributed by atoms with van der Waals surface area (Å²) in [4.78, 5) is 33.8. The van der Waals surface area contributed by atoms with Gasteiger partial charge in [0.15, 0.2) is 0 Å². The molecule has 35 heavy (non-hydrogen) atoms. The van der Waals surface area contributed by atoms with Crippen molar-refractivity contribution in [2.24, 2.45) is 5.92 Å². The molecule has 1 saturated carbocycles. The lowest BCUT2D eigenvalue weighted by atomic mass is 9.99. The summed E-state index contributed by atoms with van der Waals surface area (Å²) in [5.74, 6) is -0.311. The average Bonchev–Trinajstić information content (AvgIpc) is 3.48. The van der Waals surface area contributed by atoms with E-state index in [2.05, 4.69) is 20.6 Å². The van der Waals surface area contributed by atoms with Crippen LogP contribution < -0.4 is 15.4 Å². The van der Waals surface area contributed by atoms with Gasteiger partial charge in [-0.15, -0.1) is 0 Å². The number of halogens is 1. The van der Waals surface area contributed by atoms with Gasteiger partial charge in [-0.25, -0.2) is 9.37 Å². The fraction of sp³-hybridized carbons (Fsp3) is 0.308. The lowest BCUT2D eigenvalue weighted by molar-refractivity contribution is -0.117. The first-order valence-corrected chi connectivity index (χ1v) is 11.8. The average molecular weight is 474 g/mol. The lowest BCUT2D eigenvalue weighted by Gasteiger charge is -2.13. The molecule has 2 aliphatic carbocycles. The van der Waals surface area contributed by atoms with Crippen molar-refractivity contribution < 1.29 is 18.7 Å². The van der Waals surface area contributed by atoms with Crippen molar-refractivity contribution in [1.82, 2.24) is 19.9 Å². The van der Waals surface area contributed by atoms with Crippen LogP contribution in [0.4, 0.5) is 10.2 Å². The van der Waals surface area contributed by atoms with Crippen LogP contribution in [0.25, 0.3) is 22.9 Å². The largest absolute Gasteiger partial charge is 0.465 e. The third-order valence-corrected chi connectivity index (χ3v) is 6.71. The normalized spacial score (nSPS) is 16.1. The number of pyridine rings is 1. The first-order valence-electron chi connectivity index (χ1n) is 11.8. The van der Waals surface area contributed by atoms with E-state index in [0.717, 1.165) is 25.8 Å². The highest BCUT2D eigenvalue weighted by Crippen LogP contribution is 2.40. The summed E-state index contributed by atoms with van der Waals surface area (Å²) in [5.41, 5.74) is 3.78. The van der Waals surface area contributed by atoms with Crippen LogP contribution in [0, 0.1) is 11.7 Å². The molecule has 9 heteroatoms. The van der Waals surface area contributed by atoms with E-state index in [-0.39, 0.29) is 23.5 Å². The predicted octanol–water partition coefficient (Wildman–Crippen LogP) is 3.67. The first kappa shape index (κ1) is 21.5. The van der Waals surface area contributed by atoms with Gasteiger partial charge < -0.3 is 19.9 Å². The maximum Gasteiger partial charge on any atom is 0.296 e. The van der Waals surface area contributed by atoms with Crippen LogP contribution in [-0.4, -0.2) is 40.0 Å². The van der Waals surface area contributed by atoms with Gasteiger partial charge in [-0.05, 0) is 42.5 Å². The zero-order chi connectivity index (χ0) is 24.1. The van der Waals surface area contributed by atoms with Crippen LogP contribution in [0.2, 0.25) is 0 Å². The Balaban J connectivity index is 1.39. The molecule has 3 heterocycles. The molecule has 0 unspecified atom stereocenters. The number of nitrogens with one attached hydrogen (secondary N) is 2. The number of rotatable bonds is 5. The molecule has 178 valence electrons. The van der Waals surface area contributed by atoms with E-state index < -0.39 is 0 Å². The maximum atomic E-state index is 15.9. The van der Waals surface area contributed by atoms with Crippen molar-refractivity contribution in [2.45, 2.75) is 32.2 Å². The fourth-order valence-electron chi connectivity index (χ4n) is 4.67. The highest BCUT2D eigenvalue weighted by Gasteiger charge is 2.32. The molecule has 2 amide bonds. The Kier molecular flexibility index (Phi) is 5.12. The molecule has 1 fully saturated rings. The number of aryl methyl sites for hydroxylation is 1. The van der Waals surface area contributed by atoms with Crippen LogP contribution >= 0.6 is 0 Å². The topological polar surface area (TPSA) is 98.1 Å². The number of hydrogen-bond donors (Lipinski definition) is 2. The second-order valence-corrected chi connectivity index (χ2v) is 9.07. The molecule has 1 aromatic carbocycles. The van der Waals surface area contributed by atoms with Crippen LogP contribution in [0.5, 0.6) is 6.01 Å². The van der Waals surface area contributed by atoms with Crippen molar-refractivity contribution in [3.05, 3.63) is 58.7 Å². The summed E-state index contributed by atoms with van der Waals surface area (Å²) in [5, 5.41) is 5.53. The van der Waals surface area contributed by atoms with E-state index in [1.807, 2.05) is 16.8 Å². The fourth-order valence-corrected chi connectivity index (χ4v) is 4.67. The minimum absolute atomic E-state index is 0.0127. The van der Waals surface area contributed by atoms with E-state index in [9.17, 15) is 9.59 Å². The quantitative estimate of drug-likeness (QED) is 0.589. The van der Waals surface area contributed by atoms with Crippen molar-refractivity contribution in [1.29, 1.82) is 0 Å². The standard InChI is InChI=1S/C26H24FN5O3/c1-28-25(34)20-12-29-23(31-24(33)14-6-7-14)19-11-15(10-18(19)20)16-4-2-5-17(22(16)27)21-13-32-8-3-9-35-26(32)30-21/h2,4-5,10,12-14H,3,6-9,11H2,1H3,(H,28,34)(H,29,31,33). The lowest BCUT2D eigenvalue weighted by Crippen LogP contribution is -2.21. The molecule has 8 nitrogen and oxygen atoms in total. The van der Waals surface area contributed by atoms with Crippen LogP contribution in [0.15, 0.2) is 30.6 Å². The van der Waals surface area contributed by atoms with Crippen LogP contribution in [0.3, 0.4) is 0 Å². The van der Waals surface area contributed by atoms with E-state index in [1.165, 1.54) is 6.20 Å². The zero-order valence-electron chi connectivity index (χ0n) is 19.2. The number of anilines is 1.